The standard InChI is InChI=1S/C62H111N3O24/c1-40(2)33-62(37-81-30-21-44(69)15-12-24-63-50(72)18-6-9-27-84-59-41(3)53(75)56(78)47(34-66)87-59,38-82-31-22-45(70)16-13-25-64-51(73)19-7-10-28-85-60-42(4)54(76)57(79)48(35-67)88-60)39-83-32-23-46(71)17-14-26-65-52(74)20-8-11-29-86-61-43(5)55(77)58(80)49(36-68)89-61/h40-43,47-49,53-61,66-68,75-80H,6-39H2,1-5H3,(H,63,72)(H,64,73)(H,65,74)/t41-,42-,43-,47?,48?,49?,53?,54?,55?,56-,57-,58-,59+,60+,61+,62?/m0/s1. The highest BCUT2D eigenvalue weighted by molar-refractivity contribution is 5.80. The first kappa shape index (κ1) is 79.9. The predicted molar refractivity (Wildman–Crippen MR) is 320 cm³/mol. The largest absolute Gasteiger partial charge is 0.394 e. The van der Waals surface area contributed by atoms with E-state index < -0.39 is 117 Å². The van der Waals surface area contributed by atoms with Gasteiger partial charge >= 0.3 is 0 Å². The number of aliphatic hydroxyl groups excluding tert-OH is 9. The molecule has 0 bridgehead atoms. The van der Waals surface area contributed by atoms with E-state index in [-0.39, 0.29) is 158 Å². The Kier molecular flexibility index (Phi) is 40.5. The molecule has 27 nitrogen and oxygen atoms in total. The molecule has 0 saturated carbocycles. The number of ketones is 3. The van der Waals surface area contributed by atoms with E-state index in [0.717, 1.165) is 0 Å². The van der Waals surface area contributed by atoms with Gasteiger partial charge in [0.05, 0.1) is 77.8 Å². The van der Waals surface area contributed by atoms with Gasteiger partial charge in [-0.3, -0.25) is 28.8 Å². The Morgan fingerprint density at radius 2 is 0.674 bits per heavy atom. The number of amides is 3. The molecule has 0 aromatic heterocycles. The third-order valence-corrected chi connectivity index (χ3v) is 16.3. The van der Waals surface area contributed by atoms with Crippen molar-refractivity contribution in [3.63, 3.8) is 0 Å². The number of carbonyl (C=O) groups is 6. The average Bonchev–Trinajstić information content (AvgIpc) is 2.60. The van der Waals surface area contributed by atoms with Crippen molar-refractivity contribution >= 4 is 35.1 Å². The molecule has 0 aromatic carbocycles. The Morgan fingerprint density at radius 3 is 0.933 bits per heavy atom. The van der Waals surface area contributed by atoms with Gasteiger partial charge in [0.2, 0.25) is 17.7 Å². The SMILES string of the molecule is CC(C)CC(COCCC(=O)CCCNC(=O)CCCCO[C@@H]1OC(CO)[C@H](O)C(O)[C@@H]1C)(COCCC(=O)CCCNC(=O)CCCCO[C@@H]1OC(CO)[C@H](O)C(O)[C@@H]1C)COCCC(=O)CCCNC(=O)CCCCO[C@@H]1OC(CO)[C@H](O)C(O)[C@@H]1C. The van der Waals surface area contributed by atoms with Crippen LogP contribution in [0.2, 0.25) is 0 Å². The molecule has 3 aliphatic heterocycles. The number of unbranched alkanes of at least 4 members (excludes halogenated alkanes) is 3. The number of ether oxygens (including phenoxy) is 9. The Bertz CT molecular complexity index is 1780. The molecule has 27 heteroatoms. The molecule has 3 heterocycles. The van der Waals surface area contributed by atoms with Crippen LogP contribution in [0, 0.1) is 29.1 Å². The van der Waals surface area contributed by atoms with E-state index >= 15 is 0 Å². The first-order valence-corrected chi connectivity index (χ1v) is 32.4. The summed E-state index contributed by atoms with van der Waals surface area (Å²) >= 11 is 0. The van der Waals surface area contributed by atoms with Crippen LogP contribution in [-0.4, -0.2) is 254 Å². The number of rotatable bonds is 50. The van der Waals surface area contributed by atoms with E-state index in [2.05, 4.69) is 16.0 Å². The maximum Gasteiger partial charge on any atom is 0.219 e. The van der Waals surface area contributed by atoms with Crippen LogP contribution in [-0.2, 0) is 71.4 Å². The Hall–Kier alpha value is -3.30. The van der Waals surface area contributed by atoms with Gasteiger partial charge in [-0.15, -0.1) is 0 Å². The van der Waals surface area contributed by atoms with Crippen molar-refractivity contribution < 1.29 is 117 Å². The fourth-order valence-corrected chi connectivity index (χ4v) is 10.8. The molecule has 518 valence electrons. The summed E-state index contributed by atoms with van der Waals surface area (Å²) in [6.45, 7) is 10.4. The molecule has 3 fully saturated rings. The van der Waals surface area contributed by atoms with E-state index in [9.17, 15) is 74.7 Å². The first-order valence-electron chi connectivity index (χ1n) is 32.4. The van der Waals surface area contributed by atoms with Crippen molar-refractivity contribution in [1.82, 2.24) is 16.0 Å². The lowest BCUT2D eigenvalue weighted by atomic mass is 9.82. The van der Waals surface area contributed by atoms with Crippen LogP contribution in [0.25, 0.3) is 0 Å². The highest BCUT2D eigenvalue weighted by Gasteiger charge is 2.45. The fraction of sp³-hybridized carbons (Fsp3) is 0.903. The number of nitrogens with one attached hydrogen (secondary N) is 3. The third-order valence-electron chi connectivity index (χ3n) is 16.3. The van der Waals surface area contributed by atoms with Crippen LogP contribution in [0.5, 0.6) is 0 Å². The van der Waals surface area contributed by atoms with Crippen molar-refractivity contribution in [1.29, 1.82) is 0 Å². The lowest BCUT2D eigenvalue weighted by Crippen LogP contribution is -2.55. The van der Waals surface area contributed by atoms with Crippen LogP contribution in [0.1, 0.15) is 157 Å². The second-order valence-corrected chi connectivity index (χ2v) is 24.7. The number of Topliss-reactive ketones (excluding diaryl/α,β-unsaturated/α-hetero) is 3. The maximum absolute atomic E-state index is 12.9. The predicted octanol–water partition coefficient (Wildman–Crippen LogP) is 0.422. The van der Waals surface area contributed by atoms with Gasteiger partial charge in [0.25, 0.3) is 0 Å². The van der Waals surface area contributed by atoms with Gasteiger partial charge in [0, 0.05) is 120 Å². The molecule has 3 saturated heterocycles. The Labute approximate surface area is 525 Å². The molecule has 3 aliphatic rings. The first-order chi connectivity index (χ1) is 42.6. The molecular formula is C62H111N3O24. The van der Waals surface area contributed by atoms with Crippen LogP contribution < -0.4 is 16.0 Å². The summed E-state index contributed by atoms with van der Waals surface area (Å²) in [4.78, 5) is 76.1. The zero-order valence-corrected chi connectivity index (χ0v) is 53.4. The topological polar surface area (TPSA) is 404 Å². The van der Waals surface area contributed by atoms with Crippen molar-refractivity contribution in [3.05, 3.63) is 0 Å². The van der Waals surface area contributed by atoms with Gasteiger partial charge in [-0.25, -0.2) is 0 Å². The molecule has 3 rings (SSSR count). The van der Waals surface area contributed by atoms with Crippen LogP contribution in [0.15, 0.2) is 0 Å². The molecule has 0 spiro atoms. The normalized spacial score (nSPS) is 27.9. The Balaban J connectivity index is 1.38. The number of carbonyl (C=O) groups excluding carboxylic acids is 6. The number of hydrogen-bond acceptors (Lipinski definition) is 24. The van der Waals surface area contributed by atoms with Gasteiger partial charge in [-0.05, 0) is 70.1 Å². The van der Waals surface area contributed by atoms with Gasteiger partial charge < -0.3 is 105 Å². The second kappa shape index (κ2) is 45.1. The summed E-state index contributed by atoms with van der Waals surface area (Å²) in [5, 5.41) is 97.6. The van der Waals surface area contributed by atoms with Crippen molar-refractivity contribution in [2.75, 3.05) is 98.9 Å². The summed E-state index contributed by atoms with van der Waals surface area (Å²) in [6.07, 6.45) is -5.19. The lowest BCUT2D eigenvalue weighted by Gasteiger charge is -2.40. The summed E-state index contributed by atoms with van der Waals surface area (Å²) in [5.74, 6) is -1.96. The molecule has 6 unspecified atom stereocenters. The van der Waals surface area contributed by atoms with Gasteiger partial charge in [0.1, 0.15) is 54.0 Å². The zero-order chi connectivity index (χ0) is 65.7. The van der Waals surface area contributed by atoms with E-state index in [4.69, 9.17) is 42.6 Å². The van der Waals surface area contributed by atoms with E-state index in [1.54, 1.807) is 20.8 Å². The van der Waals surface area contributed by atoms with E-state index in [1.165, 1.54) is 0 Å². The van der Waals surface area contributed by atoms with Gasteiger partial charge in [-0.2, -0.15) is 0 Å². The molecule has 89 heavy (non-hydrogen) atoms. The summed E-state index contributed by atoms with van der Waals surface area (Å²) in [6, 6.07) is 0. The van der Waals surface area contributed by atoms with Crippen molar-refractivity contribution in [2.45, 2.75) is 230 Å². The van der Waals surface area contributed by atoms with Gasteiger partial charge in [0.15, 0.2) is 18.9 Å². The molecule has 0 aromatic rings. The average molecular weight is 1280 g/mol. The molecule has 12 N–H and O–H groups in total. The molecule has 15 atom stereocenters. The monoisotopic (exact) mass is 1280 g/mol. The quantitative estimate of drug-likeness (QED) is 0.0367. The maximum atomic E-state index is 12.9. The fourth-order valence-electron chi connectivity index (χ4n) is 10.8. The number of hydrogen-bond donors (Lipinski definition) is 12. The highest BCUT2D eigenvalue weighted by Crippen LogP contribution is 2.31. The molecule has 0 radical (unpaired) electrons. The van der Waals surface area contributed by atoms with Gasteiger partial charge in [-0.1, -0.05) is 34.6 Å². The minimum absolute atomic E-state index is 0.0361. The smallest absolute Gasteiger partial charge is 0.219 e. The zero-order valence-electron chi connectivity index (χ0n) is 53.4. The summed E-state index contributed by atoms with van der Waals surface area (Å²) in [7, 11) is 0. The van der Waals surface area contributed by atoms with Crippen LogP contribution in [0.3, 0.4) is 0 Å². The molecule has 0 aliphatic carbocycles. The van der Waals surface area contributed by atoms with Crippen LogP contribution in [0.4, 0.5) is 0 Å². The van der Waals surface area contributed by atoms with E-state index in [1.807, 2.05) is 13.8 Å². The summed E-state index contributed by atoms with van der Waals surface area (Å²) < 4.78 is 52.3. The van der Waals surface area contributed by atoms with Crippen LogP contribution >= 0.6 is 0 Å². The van der Waals surface area contributed by atoms with Crippen molar-refractivity contribution in [3.8, 4) is 0 Å². The second-order valence-electron chi connectivity index (χ2n) is 24.7. The number of aliphatic hydroxyl groups is 9. The summed E-state index contributed by atoms with van der Waals surface area (Å²) in [5.41, 5.74) is -0.697. The minimum atomic E-state index is -1.21. The lowest BCUT2D eigenvalue weighted by molar-refractivity contribution is -0.282. The Morgan fingerprint density at radius 1 is 0.393 bits per heavy atom. The molecular weight excluding hydrogens is 1170 g/mol. The van der Waals surface area contributed by atoms with Crippen molar-refractivity contribution in [2.24, 2.45) is 29.1 Å². The highest BCUT2D eigenvalue weighted by atomic mass is 16.7. The third kappa shape index (κ3) is 31.0. The molecule has 3 amide bonds. The minimum Gasteiger partial charge on any atom is -0.394 e. The van der Waals surface area contributed by atoms with E-state index in [0.29, 0.717) is 83.8 Å².